The molecule has 3 aliphatic rings. The van der Waals surface area contributed by atoms with Gasteiger partial charge in [0.15, 0.2) is 0 Å². The predicted molar refractivity (Wildman–Crippen MR) is 37.9 cm³/mol. The summed E-state index contributed by atoms with van der Waals surface area (Å²) in [5.41, 5.74) is 0. The van der Waals surface area contributed by atoms with Crippen molar-refractivity contribution in [3.05, 3.63) is 0 Å². The Labute approximate surface area is 61.5 Å². The van der Waals surface area contributed by atoms with Crippen molar-refractivity contribution < 1.29 is 9.47 Å². The van der Waals surface area contributed by atoms with Gasteiger partial charge in [-0.3, -0.25) is 0 Å². The van der Waals surface area contributed by atoms with Crippen LogP contribution >= 0.6 is 0 Å². The van der Waals surface area contributed by atoms with Crippen LogP contribution in [0.15, 0.2) is 0 Å². The number of methoxy groups -OCH3 is 1. The van der Waals surface area contributed by atoms with Gasteiger partial charge in [-0.25, -0.2) is 0 Å². The van der Waals surface area contributed by atoms with Crippen LogP contribution in [-0.4, -0.2) is 25.4 Å². The first kappa shape index (κ1) is 6.62. The highest BCUT2D eigenvalue weighted by Crippen LogP contribution is 2.39. The van der Waals surface area contributed by atoms with E-state index in [0.717, 1.165) is 5.92 Å². The molecule has 2 nitrogen and oxygen atoms in total. The Morgan fingerprint density at radius 1 is 1.30 bits per heavy atom. The average molecular weight is 142 g/mol. The second kappa shape index (κ2) is 2.21. The van der Waals surface area contributed by atoms with Gasteiger partial charge in [0, 0.05) is 7.11 Å². The highest BCUT2D eigenvalue weighted by molar-refractivity contribution is 4.96. The number of rotatable bonds is 1. The molecule has 0 aromatic carbocycles. The standard InChI is InChI=1S/C8H14O2/c1-5-3-6-8(9-2)7(4-5)10-6/h5-8H,3-4H2,1-2H3. The summed E-state index contributed by atoms with van der Waals surface area (Å²) >= 11 is 0. The molecule has 1 aliphatic carbocycles. The van der Waals surface area contributed by atoms with Crippen LogP contribution in [0.5, 0.6) is 0 Å². The van der Waals surface area contributed by atoms with E-state index in [1.54, 1.807) is 7.11 Å². The lowest BCUT2D eigenvalue weighted by atomic mass is 9.79. The van der Waals surface area contributed by atoms with Crippen LogP contribution < -0.4 is 0 Å². The smallest absolute Gasteiger partial charge is 0.109 e. The molecule has 3 fully saturated rings. The maximum atomic E-state index is 5.52. The molecule has 0 amide bonds. The minimum absolute atomic E-state index is 0.413. The van der Waals surface area contributed by atoms with E-state index < -0.39 is 0 Å². The maximum absolute atomic E-state index is 5.52. The summed E-state index contributed by atoms with van der Waals surface area (Å²) < 4.78 is 10.8. The Morgan fingerprint density at radius 2 is 1.90 bits per heavy atom. The van der Waals surface area contributed by atoms with Gasteiger partial charge in [0.25, 0.3) is 0 Å². The first-order valence-corrected chi connectivity index (χ1v) is 3.99. The molecule has 2 atom stereocenters. The van der Waals surface area contributed by atoms with Crippen molar-refractivity contribution in [2.75, 3.05) is 7.11 Å². The van der Waals surface area contributed by atoms with E-state index in [2.05, 4.69) is 6.92 Å². The summed E-state index contributed by atoms with van der Waals surface area (Å²) in [5, 5.41) is 0. The van der Waals surface area contributed by atoms with E-state index in [1.807, 2.05) is 0 Å². The zero-order valence-electron chi connectivity index (χ0n) is 6.54. The Bertz CT molecular complexity index is 123. The quantitative estimate of drug-likeness (QED) is 0.547. The van der Waals surface area contributed by atoms with Gasteiger partial charge in [-0.05, 0) is 18.8 Å². The largest absolute Gasteiger partial charge is 0.376 e. The number of ether oxygens (including phenoxy) is 2. The third-order valence-electron chi connectivity index (χ3n) is 2.62. The monoisotopic (exact) mass is 142 g/mol. The van der Waals surface area contributed by atoms with Crippen LogP contribution in [0.1, 0.15) is 19.8 Å². The second-order valence-corrected chi connectivity index (χ2v) is 3.49. The lowest BCUT2D eigenvalue weighted by Gasteiger charge is -2.50. The molecule has 1 saturated carbocycles. The molecule has 58 valence electrons. The molecule has 0 spiro atoms. The van der Waals surface area contributed by atoms with Crippen LogP contribution in [0, 0.1) is 5.92 Å². The summed E-state index contributed by atoms with van der Waals surface area (Å²) in [7, 11) is 1.78. The van der Waals surface area contributed by atoms with Gasteiger partial charge in [0.05, 0.1) is 12.2 Å². The van der Waals surface area contributed by atoms with Gasteiger partial charge in [-0.1, -0.05) is 6.92 Å². The maximum Gasteiger partial charge on any atom is 0.109 e. The van der Waals surface area contributed by atoms with Crippen molar-refractivity contribution >= 4 is 0 Å². The van der Waals surface area contributed by atoms with Gasteiger partial charge >= 0.3 is 0 Å². The third kappa shape index (κ3) is 0.789. The molecule has 2 aliphatic heterocycles. The van der Waals surface area contributed by atoms with Crippen molar-refractivity contribution in [1.82, 2.24) is 0 Å². The second-order valence-electron chi connectivity index (χ2n) is 3.49. The van der Waals surface area contributed by atoms with Crippen LogP contribution in [-0.2, 0) is 9.47 Å². The number of hydrogen-bond acceptors (Lipinski definition) is 2. The highest BCUT2D eigenvalue weighted by atomic mass is 16.6. The fourth-order valence-corrected chi connectivity index (χ4v) is 2.10. The lowest BCUT2D eigenvalue weighted by molar-refractivity contribution is -0.264. The average Bonchev–Trinajstić information content (AvgIpc) is 1.87. The molecular weight excluding hydrogens is 128 g/mol. The van der Waals surface area contributed by atoms with Crippen molar-refractivity contribution in [3.8, 4) is 0 Å². The molecule has 0 aromatic heterocycles. The van der Waals surface area contributed by atoms with Crippen molar-refractivity contribution in [2.24, 2.45) is 5.92 Å². The van der Waals surface area contributed by atoms with Crippen molar-refractivity contribution in [1.29, 1.82) is 0 Å². The molecule has 0 radical (unpaired) electrons. The molecule has 0 aromatic rings. The zero-order valence-corrected chi connectivity index (χ0v) is 6.54. The summed E-state index contributed by atoms with van der Waals surface area (Å²) in [6.45, 7) is 2.29. The van der Waals surface area contributed by atoms with E-state index >= 15 is 0 Å². The molecule has 2 unspecified atom stereocenters. The summed E-state index contributed by atoms with van der Waals surface area (Å²) in [6.07, 6.45) is 3.62. The minimum atomic E-state index is 0.413. The topological polar surface area (TPSA) is 18.5 Å². The van der Waals surface area contributed by atoms with Crippen LogP contribution in [0.4, 0.5) is 0 Å². The van der Waals surface area contributed by atoms with Gasteiger partial charge in [0.2, 0.25) is 0 Å². The van der Waals surface area contributed by atoms with Crippen molar-refractivity contribution in [2.45, 2.75) is 38.1 Å². The number of fused-ring (bicyclic) bond motifs is 2. The Kier molecular flexibility index (Phi) is 1.46. The van der Waals surface area contributed by atoms with E-state index in [-0.39, 0.29) is 0 Å². The van der Waals surface area contributed by atoms with Gasteiger partial charge < -0.3 is 9.47 Å². The summed E-state index contributed by atoms with van der Waals surface area (Å²) in [6, 6.07) is 0. The summed E-state index contributed by atoms with van der Waals surface area (Å²) in [5.74, 6) is 0.843. The molecule has 2 heteroatoms. The lowest BCUT2D eigenvalue weighted by Crippen LogP contribution is -2.59. The minimum Gasteiger partial charge on any atom is -0.376 e. The molecular formula is C8H14O2. The third-order valence-corrected chi connectivity index (χ3v) is 2.62. The highest BCUT2D eigenvalue weighted by Gasteiger charge is 2.47. The fourth-order valence-electron chi connectivity index (χ4n) is 2.10. The zero-order chi connectivity index (χ0) is 7.14. The molecule has 3 rings (SSSR count). The summed E-state index contributed by atoms with van der Waals surface area (Å²) in [4.78, 5) is 0. The van der Waals surface area contributed by atoms with Crippen LogP contribution in [0.25, 0.3) is 0 Å². The van der Waals surface area contributed by atoms with E-state index in [9.17, 15) is 0 Å². The van der Waals surface area contributed by atoms with Crippen LogP contribution in [0.3, 0.4) is 0 Å². The van der Waals surface area contributed by atoms with Gasteiger partial charge in [-0.15, -0.1) is 0 Å². The van der Waals surface area contributed by atoms with Gasteiger partial charge in [-0.2, -0.15) is 0 Å². The Balaban J connectivity index is 1.96. The first-order chi connectivity index (χ1) is 4.81. The predicted octanol–water partition coefficient (Wildman–Crippen LogP) is 1.20. The van der Waals surface area contributed by atoms with E-state index in [0.29, 0.717) is 18.3 Å². The Morgan fingerprint density at radius 3 is 2.40 bits per heavy atom. The number of hydrogen-bond donors (Lipinski definition) is 0. The van der Waals surface area contributed by atoms with E-state index in [4.69, 9.17) is 9.47 Å². The van der Waals surface area contributed by atoms with Crippen molar-refractivity contribution in [3.63, 3.8) is 0 Å². The fraction of sp³-hybridized carbons (Fsp3) is 1.00. The normalized spacial score (nSPS) is 52.2. The molecule has 10 heavy (non-hydrogen) atoms. The van der Waals surface area contributed by atoms with Gasteiger partial charge in [0.1, 0.15) is 6.10 Å². The van der Waals surface area contributed by atoms with Crippen LogP contribution in [0.2, 0.25) is 0 Å². The molecule has 0 N–H and O–H groups in total. The van der Waals surface area contributed by atoms with E-state index in [1.165, 1.54) is 12.8 Å². The molecule has 2 saturated heterocycles. The Hall–Kier alpha value is -0.0800. The first-order valence-electron chi connectivity index (χ1n) is 3.99. The SMILES string of the molecule is COC1C2CC(C)CC1O2. The molecule has 2 heterocycles. The molecule has 2 bridgehead atoms.